The Labute approximate surface area is 282 Å². The average molecular weight is 658 g/mol. The highest BCUT2D eigenvalue weighted by atomic mass is 16.6. The Morgan fingerprint density at radius 3 is 2.04 bits per heavy atom. The fourth-order valence-electron chi connectivity index (χ4n) is 7.09. The molecule has 0 bridgehead atoms. The largest absolute Gasteiger partial charge is 0.461 e. The number of carbonyl (C=O) groups excluding carboxylic acids is 4. The lowest BCUT2D eigenvalue weighted by Crippen LogP contribution is -2.58. The molecule has 2 saturated carbocycles. The predicted molar refractivity (Wildman–Crippen MR) is 183 cm³/mol. The van der Waals surface area contributed by atoms with Gasteiger partial charge in [0.25, 0.3) is 0 Å². The molecule has 10 nitrogen and oxygen atoms in total. The number of esters is 1. The molecule has 10 heteroatoms. The van der Waals surface area contributed by atoms with Gasteiger partial charge in [-0.05, 0) is 51.0 Å². The Kier molecular flexibility index (Phi) is 15.2. The number of quaternary nitrogens is 1. The van der Waals surface area contributed by atoms with Gasteiger partial charge in [0.15, 0.2) is 6.10 Å². The predicted octanol–water partition coefficient (Wildman–Crippen LogP) is 4.03. The summed E-state index contributed by atoms with van der Waals surface area (Å²) in [6.07, 6.45) is 8.54. The first kappa shape index (κ1) is 38.5. The number of rotatable bonds is 16. The van der Waals surface area contributed by atoms with Crippen molar-refractivity contribution in [3.05, 3.63) is 35.9 Å². The summed E-state index contributed by atoms with van der Waals surface area (Å²) in [4.78, 5) is 53.9. The maximum atomic E-state index is 13.9. The molecule has 2 fully saturated rings. The topological polar surface area (TPSA) is 134 Å². The summed E-state index contributed by atoms with van der Waals surface area (Å²) < 4.78 is 6.15. The average Bonchev–Trinajstić information content (AvgIpc) is 3.03. The zero-order valence-corrected chi connectivity index (χ0v) is 29.6. The van der Waals surface area contributed by atoms with Gasteiger partial charge in [-0.2, -0.15) is 0 Å². The van der Waals surface area contributed by atoms with Crippen LogP contribution in [0, 0.1) is 11.8 Å². The highest BCUT2D eigenvalue weighted by Crippen LogP contribution is 2.30. The van der Waals surface area contributed by atoms with Crippen molar-refractivity contribution in [2.45, 2.75) is 141 Å². The Hall–Kier alpha value is -2.98. The van der Waals surface area contributed by atoms with Gasteiger partial charge in [-0.1, -0.05) is 75.8 Å². The van der Waals surface area contributed by atoms with E-state index in [0.717, 1.165) is 67.8 Å². The highest BCUT2D eigenvalue weighted by molar-refractivity contribution is 5.93. The Morgan fingerprint density at radius 2 is 1.47 bits per heavy atom. The van der Waals surface area contributed by atoms with Crippen molar-refractivity contribution >= 4 is 23.7 Å². The Balaban J connectivity index is 1.74. The number of carbonyl (C=O) groups is 4. The lowest BCUT2D eigenvalue weighted by molar-refractivity contribution is -0.897. The second kappa shape index (κ2) is 18.5. The number of nitrogens with one attached hydrogen (secondary N) is 3. The number of hydrogen-bond acceptors (Lipinski definition) is 6. The summed E-state index contributed by atoms with van der Waals surface area (Å²) in [6, 6.07) is 7.44. The molecular weight excluding hydrogens is 596 g/mol. The van der Waals surface area contributed by atoms with E-state index in [0.29, 0.717) is 25.3 Å². The van der Waals surface area contributed by atoms with Gasteiger partial charge in [-0.25, -0.2) is 4.79 Å². The van der Waals surface area contributed by atoms with Gasteiger partial charge in [0.1, 0.15) is 12.1 Å². The first-order valence-electron chi connectivity index (χ1n) is 17.9. The van der Waals surface area contributed by atoms with E-state index in [9.17, 15) is 24.3 Å². The summed E-state index contributed by atoms with van der Waals surface area (Å²) in [5.41, 5.74) is 0.900. The van der Waals surface area contributed by atoms with Crippen LogP contribution in [0.4, 0.5) is 0 Å². The number of nitrogens with zero attached hydrogens (tertiary/aromatic N) is 1. The number of benzene rings is 1. The van der Waals surface area contributed by atoms with Crippen molar-refractivity contribution in [3.63, 3.8) is 0 Å². The molecule has 0 spiro atoms. The third-order valence-corrected chi connectivity index (χ3v) is 9.90. The van der Waals surface area contributed by atoms with Crippen molar-refractivity contribution in [1.82, 2.24) is 16.0 Å². The SMILES string of the molecule is CCC[C@H](NC(=O)[C@H](Cc1ccccc1)NC(=O)C1CCC([N+](C)(C)C)CC1)C(=O)N[C@@H](CC1CCCCC1)[C@@H](O)C(=O)OC(C)C. The highest BCUT2D eigenvalue weighted by Gasteiger charge is 2.36. The van der Waals surface area contributed by atoms with Crippen LogP contribution >= 0.6 is 0 Å². The molecule has 4 N–H and O–H groups in total. The number of aliphatic hydroxyl groups is 1. The molecular formula is C37H61N4O6+. The molecule has 0 aliphatic heterocycles. The fraction of sp³-hybridized carbons (Fsp3) is 0.730. The maximum absolute atomic E-state index is 13.9. The molecule has 0 heterocycles. The van der Waals surface area contributed by atoms with Crippen LogP contribution in [0.2, 0.25) is 0 Å². The number of aliphatic hydroxyl groups excluding tert-OH is 1. The van der Waals surface area contributed by atoms with E-state index in [1.807, 2.05) is 37.3 Å². The van der Waals surface area contributed by atoms with E-state index in [4.69, 9.17) is 4.74 Å². The molecule has 0 saturated heterocycles. The van der Waals surface area contributed by atoms with Crippen LogP contribution in [0.15, 0.2) is 30.3 Å². The molecule has 1 aromatic carbocycles. The summed E-state index contributed by atoms with van der Waals surface area (Å²) >= 11 is 0. The summed E-state index contributed by atoms with van der Waals surface area (Å²) in [6.45, 7) is 5.36. The number of hydrogen-bond donors (Lipinski definition) is 4. The minimum atomic E-state index is -1.52. The van der Waals surface area contributed by atoms with E-state index in [1.54, 1.807) is 13.8 Å². The van der Waals surface area contributed by atoms with Crippen molar-refractivity contribution in [2.24, 2.45) is 11.8 Å². The van der Waals surface area contributed by atoms with Crippen LogP contribution in [0.1, 0.15) is 103 Å². The van der Waals surface area contributed by atoms with E-state index in [1.165, 1.54) is 0 Å². The monoisotopic (exact) mass is 657 g/mol. The molecule has 47 heavy (non-hydrogen) atoms. The van der Waals surface area contributed by atoms with Gasteiger partial charge in [0.05, 0.1) is 39.3 Å². The molecule has 3 rings (SSSR count). The standard InChI is InChI=1S/C37H60N4O6/c1-7-14-30(35(44)39-31(23-26-15-10-8-11-16-26)33(42)37(46)47-25(2)3)38-36(45)32(24-27-17-12-9-13-18-27)40-34(43)28-19-21-29(22-20-28)41(4,5)6/h9,12-13,17-18,25-26,28-33,42H,7-8,10-11,14-16,19-24H2,1-6H3,(H2-,38,39,40,43,44,45)/p+1/t28?,29?,30-,31-,32-,33+/m0/s1. The van der Waals surface area contributed by atoms with E-state index >= 15 is 0 Å². The molecule has 4 atom stereocenters. The Morgan fingerprint density at radius 1 is 0.851 bits per heavy atom. The zero-order valence-electron chi connectivity index (χ0n) is 29.6. The third kappa shape index (κ3) is 12.5. The van der Waals surface area contributed by atoms with Crippen LogP contribution in [0.25, 0.3) is 0 Å². The van der Waals surface area contributed by atoms with Crippen LogP contribution in [0.5, 0.6) is 0 Å². The van der Waals surface area contributed by atoms with Crippen LogP contribution in [-0.2, 0) is 30.3 Å². The second-order valence-corrected chi connectivity index (χ2v) is 15.0. The van der Waals surface area contributed by atoms with Gasteiger partial charge in [-0.15, -0.1) is 0 Å². The van der Waals surface area contributed by atoms with Crippen molar-refractivity contribution in [1.29, 1.82) is 0 Å². The third-order valence-electron chi connectivity index (χ3n) is 9.90. The van der Waals surface area contributed by atoms with Gasteiger partial charge >= 0.3 is 5.97 Å². The molecule has 0 aromatic heterocycles. The van der Waals surface area contributed by atoms with Gasteiger partial charge < -0.3 is 30.3 Å². The molecule has 2 aliphatic carbocycles. The number of ether oxygens (including phenoxy) is 1. The van der Waals surface area contributed by atoms with Crippen molar-refractivity contribution < 1.29 is 33.5 Å². The van der Waals surface area contributed by atoms with Crippen molar-refractivity contribution in [3.8, 4) is 0 Å². The van der Waals surface area contributed by atoms with Gasteiger partial charge in [0.2, 0.25) is 17.7 Å². The molecule has 0 unspecified atom stereocenters. The molecule has 1 aromatic rings. The summed E-state index contributed by atoms with van der Waals surface area (Å²) in [5.74, 6) is -1.67. The normalized spacial score (nSPS) is 21.6. The Bertz CT molecular complexity index is 1140. The first-order valence-corrected chi connectivity index (χ1v) is 17.9. The van der Waals surface area contributed by atoms with E-state index in [2.05, 4.69) is 37.1 Å². The maximum Gasteiger partial charge on any atom is 0.337 e. The molecule has 0 radical (unpaired) electrons. The van der Waals surface area contributed by atoms with Gasteiger partial charge in [0, 0.05) is 25.2 Å². The zero-order chi connectivity index (χ0) is 34.6. The van der Waals surface area contributed by atoms with Crippen molar-refractivity contribution in [2.75, 3.05) is 21.1 Å². The first-order chi connectivity index (χ1) is 22.3. The van der Waals surface area contributed by atoms with Crippen LogP contribution < -0.4 is 16.0 Å². The summed E-state index contributed by atoms with van der Waals surface area (Å²) in [5, 5.41) is 19.9. The molecule has 2 aliphatic rings. The molecule has 264 valence electrons. The van der Waals surface area contributed by atoms with E-state index in [-0.39, 0.29) is 24.2 Å². The lowest BCUT2D eigenvalue weighted by atomic mass is 9.83. The quantitative estimate of drug-likeness (QED) is 0.157. The van der Waals surface area contributed by atoms with Crippen LogP contribution in [-0.4, -0.2) is 90.8 Å². The smallest absolute Gasteiger partial charge is 0.337 e. The fourth-order valence-corrected chi connectivity index (χ4v) is 7.09. The molecule has 3 amide bonds. The van der Waals surface area contributed by atoms with E-state index < -0.39 is 48.1 Å². The minimum Gasteiger partial charge on any atom is -0.461 e. The van der Waals surface area contributed by atoms with Gasteiger partial charge in [-0.3, -0.25) is 14.4 Å². The van der Waals surface area contributed by atoms with Crippen LogP contribution in [0.3, 0.4) is 0 Å². The minimum absolute atomic E-state index is 0.128. The number of amides is 3. The summed E-state index contributed by atoms with van der Waals surface area (Å²) in [7, 11) is 6.55. The second-order valence-electron chi connectivity index (χ2n) is 15.0. The lowest BCUT2D eigenvalue weighted by Gasteiger charge is -2.38.